The van der Waals surface area contributed by atoms with Gasteiger partial charge in [-0.15, -0.1) is 10.2 Å². The van der Waals surface area contributed by atoms with Gasteiger partial charge in [-0.2, -0.15) is 13.2 Å². The van der Waals surface area contributed by atoms with Gasteiger partial charge >= 0.3 is 12.1 Å². The summed E-state index contributed by atoms with van der Waals surface area (Å²) in [6.45, 7) is -0.0791. The van der Waals surface area contributed by atoms with Crippen molar-refractivity contribution in [3.63, 3.8) is 0 Å². The van der Waals surface area contributed by atoms with Crippen LogP contribution in [0.1, 0.15) is 48.3 Å². The quantitative estimate of drug-likeness (QED) is 0.808. The van der Waals surface area contributed by atoms with Crippen molar-refractivity contribution in [2.24, 2.45) is 0 Å². The van der Waals surface area contributed by atoms with Crippen LogP contribution in [-0.2, 0) is 17.8 Å². The first-order chi connectivity index (χ1) is 12.7. The summed E-state index contributed by atoms with van der Waals surface area (Å²) in [5.41, 5.74) is 0.0450. The van der Waals surface area contributed by atoms with E-state index >= 15 is 0 Å². The number of aromatic nitrogens is 3. The fraction of sp³-hybridized carbons (Fsp3) is 0.471. The van der Waals surface area contributed by atoms with E-state index in [4.69, 9.17) is 5.11 Å². The average Bonchev–Trinajstić information content (AvgIpc) is 2.83. The minimum Gasteiger partial charge on any atom is -0.481 e. The zero-order valence-electron chi connectivity index (χ0n) is 14.0. The lowest BCUT2D eigenvalue weighted by Gasteiger charge is -2.18. The standard InChI is InChI=1S/C17H16F5N3O2/c18-12-3-1-2-11(15(12)19)10-5-4-9(6-14(26)27)16-24-23-13(25(16)8-10)7-17(20,21)22/h1-3,9-10H,4-8H2,(H,26,27)/t9-,10+/m0/s1. The van der Waals surface area contributed by atoms with E-state index < -0.39 is 42.0 Å². The van der Waals surface area contributed by atoms with Gasteiger partial charge in [0, 0.05) is 18.4 Å². The summed E-state index contributed by atoms with van der Waals surface area (Å²) in [6, 6.07) is 3.67. The third-order valence-corrected chi connectivity index (χ3v) is 4.69. The monoisotopic (exact) mass is 389 g/mol. The van der Waals surface area contributed by atoms with Gasteiger partial charge < -0.3 is 9.67 Å². The van der Waals surface area contributed by atoms with Gasteiger partial charge in [0.2, 0.25) is 0 Å². The van der Waals surface area contributed by atoms with Gasteiger partial charge in [-0.3, -0.25) is 4.79 Å². The number of fused-ring (bicyclic) bond motifs is 1. The molecule has 27 heavy (non-hydrogen) atoms. The van der Waals surface area contributed by atoms with Crippen LogP contribution in [0.3, 0.4) is 0 Å². The van der Waals surface area contributed by atoms with Crippen LogP contribution in [0.2, 0.25) is 0 Å². The highest BCUT2D eigenvalue weighted by atomic mass is 19.4. The number of aliphatic carboxylic acids is 1. The number of nitrogens with zero attached hydrogens (tertiary/aromatic N) is 3. The number of rotatable bonds is 4. The Balaban J connectivity index is 2.02. The lowest BCUT2D eigenvalue weighted by atomic mass is 9.90. The third-order valence-electron chi connectivity index (χ3n) is 4.69. The Labute approximate surface area is 150 Å². The van der Waals surface area contributed by atoms with Gasteiger partial charge in [0.05, 0.1) is 6.42 Å². The number of alkyl halides is 3. The number of carboxylic acids is 1. The Kier molecular flexibility index (Phi) is 5.16. The molecule has 146 valence electrons. The van der Waals surface area contributed by atoms with Gasteiger partial charge in [-0.1, -0.05) is 12.1 Å². The maximum absolute atomic E-state index is 14.2. The van der Waals surface area contributed by atoms with E-state index in [2.05, 4.69) is 10.2 Å². The molecule has 0 saturated carbocycles. The van der Waals surface area contributed by atoms with Gasteiger partial charge in [0.25, 0.3) is 0 Å². The first kappa shape index (κ1) is 19.2. The van der Waals surface area contributed by atoms with Crippen LogP contribution in [-0.4, -0.2) is 32.0 Å². The van der Waals surface area contributed by atoms with Crippen LogP contribution in [0, 0.1) is 11.6 Å². The molecule has 1 aromatic heterocycles. The Hall–Kier alpha value is -2.52. The van der Waals surface area contributed by atoms with Crippen LogP contribution in [0.25, 0.3) is 0 Å². The maximum atomic E-state index is 14.2. The second-order valence-corrected chi connectivity index (χ2v) is 6.59. The molecule has 0 spiro atoms. The lowest BCUT2D eigenvalue weighted by Crippen LogP contribution is -2.19. The molecule has 0 amide bonds. The molecule has 10 heteroatoms. The Morgan fingerprint density at radius 2 is 1.96 bits per heavy atom. The van der Waals surface area contributed by atoms with Crippen LogP contribution in [0.5, 0.6) is 0 Å². The number of hydrogen-bond acceptors (Lipinski definition) is 3. The molecule has 2 atom stereocenters. The highest BCUT2D eigenvalue weighted by Gasteiger charge is 2.35. The van der Waals surface area contributed by atoms with Crippen molar-refractivity contribution < 1.29 is 31.9 Å². The lowest BCUT2D eigenvalue weighted by molar-refractivity contribution is -0.137. The summed E-state index contributed by atoms with van der Waals surface area (Å²) in [7, 11) is 0. The van der Waals surface area contributed by atoms with E-state index in [9.17, 15) is 26.7 Å². The van der Waals surface area contributed by atoms with Gasteiger partial charge in [-0.05, 0) is 24.5 Å². The average molecular weight is 389 g/mol. The minimum absolute atomic E-state index is 0.0450. The summed E-state index contributed by atoms with van der Waals surface area (Å²) < 4.78 is 67.6. The number of benzene rings is 1. The molecule has 1 aliphatic heterocycles. The first-order valence-electron chi connectivity index (χ1n) is 8.30. The van der Waals surface area contributed by atoms with Crippen molar-refractivity contribution >= 4 is 5.97 Å². The number of carboxylic acid groups (broad SMARTS) is 1. The van der Waals surface area contributed by atoms with Crippen molar-refractivity contribution in [1.29, 1.82) is 0 Å². The minimum atomic E-state index is -4.53. The molecule has 1 N–H and O–H groups in total. The summed E-state index contributed by atoms with van der Waals surface area (Å²) in [6.07, 6.45) is -5.65. The maximum Gasteiger partial charge on any atom is 0.396 e. The predicted octanol–water partition coefficient (Wildman–Crippen LogP) is 3.80. The Morgan fingerprint density at radius 1 is 1.22 bits per heavy atom. The van der Waals surface area contributed by atoms with Crippen LogP contribution < -0.4 is 0 Å². The summed E-state index contributed by atoms with van der Waals surface area (Å²) in [5.74, 6) is -4.72. The molecule has 1 aliphatic rings. The molecule has 0 fully saturated rings. The number of carbonyl (C=O) groups is 1. The Bertz CT molecular complexity index is 850. The van der Waals surface area contributed by atoms with Gasteiger partial charge in [-0.25, -0.2) is 8.78 Å². The molecule has 0 aliphatic carbocycles. The van der Waals surface area contributed by atoms with Gasteiger partial charge in [0.1, 0.15) is 18.1 Å². The molecule has 0 radical (unpaired) electrons. The molecule has 3 rings (SSSR count). The largest absolute Gasteiger partial charge is 0.481 e. The zero-order valence-corrected chi connectivity index (χ0v) is 14.0. The zero-order chi connectivity index (χ0) is 19.8. The van der Waals surface area contributed by atoms with Crippen molar-refractivity contribution in [3.8, 4) is 0 Å². The SMILES string of the molecule is O=C(O)C[C@@H]1CC[C@@H](c2cccc(F)c2F)Cn2c(CC(F)(F)F)nnc21. The smallest absolute Gasteiger partial charge is 0.396 e. The molecule has 0 unspecified atom stereocenters. The number of hydrogen-bond donors (Lipinski definition) is 1. The fourth-order valence-electron chi connectivity index (χ4n) is 3.50. The fourth-order valence-corrected chi connectivity index (χ4v) is 3.50. The first-order valence-corrected chi connectivity index (χ1v) is 8.30. The molecular weight excluding hydrogens is 373 g/mol. The molecule has 0 saturated heterocycles. The second kappa shape index (κ2) is 7.24. The molecule has 2 heterocycles. The van der Waals surface area contributed by atoms with Crippen molar-refractivity contribution in [2.45, 2.75) is 50.2 Å². The normalized spacial score (nSPS) is 20.2. The summed E-state index contributed by atoms with van der Waals surface area (Å²) >= 11 is 0. The third kappa shape index (κ3) is 4.25. The van der Waals surface area contributed by atoms with E-state index in [0.29, 0.717) is 0 Å². The van der Waals surface area contributed by atoms with Crippen LogP contribution in [0.4, 0.5) is 22.0 Å². The van der Waals surface area contributed by atoms with Crippen LogP contribution >= 0.6 is 0 Å². The van der Waals surface area contributed by atoms with E-state index in [1.54, 1.807) is 0 Å². The summed E-state index contributed by atoms with van der Waals surface area (Å²) in [5, 5.41) is 16.5. The topological polar surface area (TPSA) is 68.0 Å². The van der Waals surface area contributed by atoms with E-state index in [1.165, 1.54) is 16.7 Å². The highest BCUT2D eigenvalue weighted by Crippen LogP contribution is 2.37. The molecule has 0 bridgehead atoms. The van der Waals surface area contributed by atoms with E-state index in [-0.39, 0.29) is 43.0 Å². The van der Waals surface area contributed by atoms with Crippen molar-refractivity contribution in [1.82, 2.24) is 14.8 Å². The number of halogens is 5. The van der Waals surface area contributed by atoms with E-state index in [0.717, 1.165) is 6.07 Å². The van der Waals surface area contributed by atoms with Crippen LogP contribution in [0.15, 0.2) is 18.2 Å². The second-order valence-electron chi connectivity index (χ2n) is 6.59. The Morgan fingerprint density at radius 3 is 2.63 bits per heavy atom. The van der Waals surface area contributed by atoms with Gasteiger partial charge in [0.15, 0.2) is 11.6 Å². The molecule has 5 nitrogen and oxygen atoms in total. The molecule has 1 aromatic carbocycles. The summed E-state index contributed by atoms with van der Waals surface area (Å²) in [4.78, 5) is 11.1. The molecule has 2 aromatic rings. The van der Waals surface area contributed by atoms with Crippen molar-refractivity contribution in [3.05, 3.63) is 47.0 Å². The van der Waals surface area contributed by atoms with E-state index in [1.807, 2.05) is 0 Å². The van der Waals surface area contributed by atoms with Crippen molar-refractivity contribution in [2.75, 3.05) is 0 Å². The predicted molar refractivity (Wildman–Crippen MR) is 83.1 cm³/mol. The highest BCUT2D eigenvalue weighted by molar-refractivity contribution is 5.67. The molecular formula is C17H16F5N3O2.